The molecule has 2 rings (SSSR count). The fraction of sp³-hybridized carbons (Fsp3) is 0.350. The van der Waals surface area contributed by atoms with Gasteiger partial charge in [0.25, 0.3) is 0 Å². The van der Waals surface area contributed by atoms with E-state index in [1.165, 1.54) is 24.1 Å². The van der Waals surface area contributed by atoms with Crippen molar-refractivity contribution in [2.75, 3.05) is 14.2 Å². The van der Waals surface area contributed by atoms with Crippen LogP contribution in [0.5, 0.6) is 11.5 Å². The molecule has 2 atom stereocenters. The molecule has 2 N–H and O–H groups in total. The molecule has 5 nitrogen and oxygen atoms in total. The van der Waals surface area contributed by atoms with Gasteiger partial charge in [-0.05, 0) is 23.3 Å². The number of hydrogen-bond donors (Lipinski definition) is 1. The molecule has 0 saturated carbocycles. The standard InChI is InChI=1S/C20H24F2N2O3/c1-13(18(23)15-7-5-4-6-8-15)19(25)24(2)12-14-9-10-16(26-3)17(11-14)27-20(21)22/h4-11,13,18,20H,12,23H2,1-3H3. The smallest absolute Gasteiger partial charge is 0.387 e. The Morgan fingerprint density at radius 3 is 2.41 bits per heavy atom. The molecule has 0 heterocycles. The topological polar surface area (TPSA) is 64.8 Å². The Bertz CT molecular complexity index is 756. The number of halogens is 2. The molecule has 27 heavy (non-hydrogen) atoms. The number of benzene rings is 2. The molecule has 146 valence electrons. The van der Waals surface area contributed by atoms with Crippen molar-refractivity contribution >= 4 is 5.91 Å². The lowest BCUT2D eigenvalue weighted by Crippen LogP contribution is -2.36. The van der Waals surface area contributed by atoms with Gasteiger partial charge in [0.2, 0.25) is 5.91 Å². The molecule has 0 aliphatic rings. The number of carbonyl (C=O) groups is 1. The fourth-order valence-electron chi connectivity index (χ4n) is 2.82. The molecule has 0 saturated heterocycles. The van der Waals surface area contributed by atoms with Crippen molar-refractivity contribution in [1.29, 1.82) is 0 Å². The number of rotatable bonds is 8. The second-order valence-electron chi connectivity index (χ2n) is 6.28. The molecular formula is C20H24F2N2O3. The Morgan fingerprint density at radius 1 is 1.15 bits per heavy atom. The first-order chi connectivity index (χ1) is 12.8. The number of methoxy groups -OCH3 is 1. The number of carbonyl (C=O) groups excluding carboxylic acids is 1. The third-order valence-electron chi connectivity index (χ3n) is 4.35. The Kier molecular flexibility index (Phi) is 7.12. The third kappa shape index (κ3) is 5.40. The molecule has 0 fully saturated rings. The first-order valence-electron chi connectivity index (χ1n) is 8.50. The van der Waals surface area contributed by atoms with Crippen LogP contribution in [0.4, 0.5) is 8.78 Å². The van der Waals surface area contributed by atoms with Crippen LogP contribution in [-0.2, 0) is 11.3 Å². The van der Waals surface area contributed by atoms with E-state index >= 15 is 0 Å². The van der Waals surface area contributed by atoms with Gasteiger partial charge in [-0.15, -0.1) is 0 Å². The van der Waals surface area contributed by atoms with E-state index < -0.39 is 18.6 Å². The number of amides is 1. The molecule has 0 aromatic heterocycles. The van der Waals surface area contributed by atoms with E-state index in [1.807, 2.05) is 30.3 Å². The van der Waals surface area contributed by atoms with E-state index in [9.17, 15) is 13.6 Å². The summed E-state index contributed by atoms with van der Waals surface area (Å²) in [4.78, 5) is 14.2. The van der Waals surface area contributed by atoms with Gasteiger partial charge in [-0.25, -0.2) is 0 Å². The summed E-state index contributed by atoms with van der Waals surface area (Å²) < 4.78 is 34.6. The molecule has 0 aliphatic heterocycles. The lowest BCUT2D eigenvalue weighted by atomic mass is 9.94. The van der Waals surface area contributed by atoms with Crippen LogP contribution >= 0.6 is 0 Å². The molecule has 0 radical (unpaired) electrons. The Labute approximate surface area is 157 Å². The zero-order valence-corrected chi connectivity index (χ0v) is 15.6. The third-order valence-corrected chi connectivity index (χ3v) is 4.35. The summed E-state index contributed by atoms with van der Waals surface area (Å²) in [5.74, 6) is -0.446. The molecule has 0 aliphatic carbocycles. The van der Waals surface area contributed by atoms with Crippen LogP contribution in [0.3, 0.4) is 0 Å². The number of hydrogen-bond acceptors (Lipinski definition) is 4. The fourth-order valence-corrected chi connectivity index (χ4v) is 2.82. The Balaban J connectivity index is 2.09. The van der Waals surface area contributed by atoms with Crippen LogP contribution < -0.4 is 15.2 Å². The van der Waals surface area contributed by atoms with Gasteiger partial charge >= 0.3 is 6.61 Å². The van der Waals surface area contributed by atoms with Gasteiger partial charge < -0.3 is 20.1 Å². The lowest BCUT2D eigenvalue weighted by Gasteiger charge is -2.26. The maximum atomic E-state index is 12.7. The first-order valence-corrected chi connectivity index (χ1v) is 8.50. The van der Waals surface area contributed by atoms with Gasteiger partial charge in [-0.3, -0.25) is 4.79 Å². The number of nitrogens with zero attached hydrogens (tertiary/aromatic N) is 1. The Morgan fingerprint density at radius 2 is 1.81 bits per heavy atom. The summed E-state index contributed by atoms with van der Waals surface area (Å²) in [6, 6.07) is 13.6. The number of ether oxygens (including phenoxy) is 2. The van der Waals surface area contributed by atoms with Crippen molar-refractivity contribution in [2.45, 2.75) is 26.1 Å². The van der Waals surface area contributed by atoms with Gasteiger partial charge in [0.15, 0.2) is 11.5 Å². The molecule has 0 spiro atoms. The molecular weight excluding hydrogens is 354 g/mol. The van der Waals surface area contributed by atoms with Gasteiger partial charge in [0.1, 0.15) is 0 Å². The highest BCUT2D eigenvalue weighted by Crippen LogP contribution is 2.30. The minimum atomic E-state index is -2.96. The minimum Gasteiger partial charge on any atom is -0.493 e. The highest BCUT2D eigenvalue weighted by Gasteiger charge is 2.25. The van der Waals surface area contributed by atoms with Crippen molar-refractivity contribution < 1.29 is 23.0 Å². The zero-order valence-electron chi connectivity index (χ0n) is 15.6. The van der Waals surface area contributed by atoms with Gasteiger partial charge in [0, 0.05) is 19.6 Å². The van der Waals surface area contributed by atoms with Crippen molar-refractivity contribution in [3.8, 4) is 11.5 Å². The predicted molar refractivity (Wildman–Crippen MR) is 98.6 cm³/mol. The van der Waals surface area contributed by atoms with E-state index in [0.717, 1.165) is 5.56 Å². The maximum absolute atomic E-state index is 12.7. The van der Waals surface area contributed by atoms with Crippen molar-refractivity contribution in [2.24, 2.45) is 11.7 Å². The minimum absolute atomic E-state index is 0.0696. The summed E-state index contributed by atoms with van der Waals surface area (Å²) in [7, 11) is 3.02. The van der Waals surface area contributed by atoms with E-state index in [1.54, 1.807) is 20.0 Å². The average Bonchev–Trinajstić information content (AvgIpc) is 2.66. The van der Waals surface area contributed by atoms with Crippen LogP contribution in [-0.4, -0.2) is 31.6 Å². The van der Waals surface area contributed by atoms with Gasteiger partial charge in [-0.1, -0.05) is 43.3 Å². The van der Waals surface area contributed by atoms with E-state index in [0.29, 0.717) is 5.56 Å². The van der Waals surface area contributed by atoms with Crippen LogP contribution in [0.25, 0.3) is 0 Å². The molecule has 2 unspecified atom stereocenters. The van der Waals surface area contributed by atoms with Crippen LogP contribution in [0, 0.1) is 5.92 Å². The molecule has 2 aromatic rings. The second kappa shape index (κ2) is 9.32. The summed E-state index contributed by atoms with van der Waals surface area (Å²) in [5, 5.41) is 0. The summed E-state index contributed by atoms with van der Waals surface area (Å²) in [5.41, 5.74) is 7.74. The lowest BCUT2D eigenvalue weighted by molar-refractivity contribution is -0.134. The molecule has 1 amide bonds. The zero-order chi connectivity index (χ0) is 20.0. The first kappa shape index (κ1) is 20.6. The summed E-state index contributed by atoms with van der Waals surface area (Å²) in [6.45, 7) is -0.957. The van der Waals surface area contributed by atoms with Crippen LogP contribution in [0.1, 0.15) is 24.1 Å². The van der Waals surface area contributed by atoms with Crippen molar-refractivity contribution in [1.82, 2.24) is 4.90 Å². The quantitative estimate of drug-likeness (QED) is 0.762. The predicted octanol–water partition coefficient (Wildman–Crippen LogP) is 3.59. The summed E-state index contributed by atoms with van der Waals surface area (Å²) >= 11 is 0. The average molecular weight is 378 g/mol. The normalized spacial score (nSPS) is 13.1. The van der Waals surface area contributed by atoms with E-state index in [4.69, 9.17) is 10.5 Å². The van der Waals surface area contributed by atoms with E-state index in [2.05, 4.69) is 4.74 Å². The highest BCUT2D eigenvalue weighted by atomic mass is 19.3. The molecule has 7 heteroatoms. The second-order valence-corrected chi connectivity index (χ2v) is 6.28. The largest absolute Gasteiger partial charge is 0.493 e. The number of nitrogens with two attached hydrogens (primary N) is 1. The highest BCUT2D eigenvalue weighted by molar-refractivity contribution is 5.79. The van der Waals surface area contributed by atoms with Crippen LogP contribution in [0.15, 0.2) is 48.5 Å². The monoisotopic (exact) mass is 378 g/mol. The maximum Gasteiger partial charge on any atom is 0.387 e. The number of alkyl halides is 2. The summed E-state index contributed by atoms with van der Waals surface area (Å²) in [6.07, 6.45) is 0. The Hall–Kier alpha value is -2.67. The van der Waals surface area contributed by atoms with Gasteiger partial charge in [0.05, 0.1) is 13.0 Å². The van der Waals surface area contributed by atoms with Gasteiger partial charge in [-0.2, -0.15) is 8.78 Å². The SMILES string of the molecule is COc1ccc(CN(C)C(=O)C(C)C(N)c2ccccc2)cc1OC(F)F. The molecule has 0 bridgehead atoms. The van der Waals surface area contributed by atoms with Crippen LogP contribution in [0.2, 0.25) is 0 Å². The molecule has 2 aromatic carbocycles. The van der Waals surface area contributed by atoms with Crippen molar-refractivity contribution in [3.63, 3.8) is 0 Å². The van der Waals surface area contributed by atoms with E-state index in [-0.39, 0.29) is 24.0 Å². The van der Waals surface area contributed by atoms with Crippen molar-refractivity contribution in [3.05, 3.63) is 59.7 Å².